The van der Waals surface area contributed by atoms with Gasteiger partial charge in [0.2, 0.25) is 0 Å². The van der Waals surface area contributed by atoms with Gasteiger partial charge in [-0.05, 0) is 48.7 Å². The molecule has 0 heterocycles. The van der Waals surface area contributed by atoms with Crippen molar-refractivity contribution in [2.75, 3.05) is 6.61 Å². The van der Waals surface area contributed by atoms with Crippen LogP contribution in [0, 0.1) is 11.6 Å². The first kappa shape index (κ1) is 20.1. The first-order valence-electron chi connectivity index (χ1n) is 8.66. The molecule has 0 amide bonds. The van der Waals surface area contributed by atoms with Gasteiger partial charge in [-0.1, -0.05) is 32.8 Å². The average Bonchev–Trinajstić information content (AvgIpc) is 2.62. The second-order valence-corrected chi connectivity index (χ2v) is 5.90. The summed E-state index contributed by atoms with van der Waals surface area (Å²) in [6.07, 6.45) is -0.769. The molecular weight excluding hydrogens is 348 g/mol. The standard InChI is InChI=1S/C20H22F4O2/c1-3-5-6-13-25-15-8-10-16(11-9-15)26-20(23,24)17-12-7-14(4-2)18(21)19(17)22/h7-12H,3-6,13H2,1-2H3. The van der Waals surface area contributed by atoms with Gasteiger partial charge in [-0.25, -0.2) is 8.78 Å². The molecule has 0 bridgehead atoms. The molecule has 0 atom stereocenters. The van der Waals surface area contributed by atoms with E-state index >= 15 is 0 Å². The smallest absolute Gasteiger partial charge is 0.429 e. The Bertz CT molecular complexity index is 714. The number of hydrogen-bond donors (Lipinski definition) is 0. The largest absolute Gasteiger partial charge is 0.494 e. The normalized spacial score (nSPS) is 11.5. The molecule has 26 heavy (non-hydrogen) atoms. The summed E-state index contributed by atoms with van der Waals surface area (Å²) >= 11 is 0. The zero-order valence-electron chi connectivity index (χ0n) is 14.8. The van der Waals surface area contributed by atoms with E-state index in [1.54, 1.807) is 6.92 Å². The molecule has 2 aromatic rings. The molecule has 0 radical (unpaired) electrons. The third-order valence-electron chi connectivity index (χ3n) is 3.94. The Labute approximate surface area is 150 Å². The fraction of sp³-hybridized carbons (Fsp3) is 0.400. The van der Waals surface area contributed by atoms with Gasteiger partial charge in [-0.15, -0.1) is 0 Å². The number of halogens is 4. The van der Waals surface area contributed by atoms with Crippen molar-refractivity contribution in [3.63, 3.8) is 0 Å². The Morgan fingerprint density at radius 2 is 1.50 bits per heavy atom. The third-order valence-corrected chi connectivity index (χ3v) is 3.94. The van der Waals surface area contributed by atoms with Gasteiger partial charge < -0.3 is 9.47 Å². The van der Waals surface area contributed by atoms with E-state index in [9.17, 15) is 17.6 Å². The molecule has 0 N–H and O–H groups in total. The van der Waals surface area contributed by atoms with Crippen LogP contribution in [0.3, 0.4) is 0 Å². The van der Waals surface area contributed by atoms with Crippen molar-refractivity contribution in [3.05, 3.63) is 59.2 Å². The number of benzene rings is 2. The van der Waals surface area contributed by atoms with Crippen molar-refractivity contribution in [1.29, 1.82) is 0 Å². The van der Waals surface area contributed by atoms with E-state index in [-0.39, 0.29) is 17.7 Å². The SMILES string of the molecule is CCCCCOc1ccc(OC(F)(F)c2ccc(CC)c(F)c2F)cc1. The van der Waals surface area contributed by atoms with Gasteiger partial charge in [0.25, 0.3) is 0 Å². The predicted molar refractivity (Wildman–Crippen MR) is 91.7 cm³/mol. The Kier molecular flexibility index (Phi) is 6.89. The fourth-order valence-electron chi connectivity index (χ4n) is 2.44. The van der Waals surface area contributed by atoms with Gasteiger partial charge in [0, 0.05) is 0 Å². The van der Waals surface area contributed by atoms with Crippen LogP contribution in [0.2, 0.25) is 0 Å². The molecule has 6 heteroatoms. The van der Waals surface area contributed by atoms with Crippen LogP contribution in [0.15, 0.2) is 36.4 Å². The summed E-state index contributed by atoms with van der Waals surface area (Å²) in [5.41, 5.74) is -1.10. The van der Waals surface area contributed by atoms with Crippen LogP contribution in [0.5, 0.6) is 11.5 Å². The lowest BCUT2D eigenvalue weighted by Gasteiger charge is -2.19. The summed E-state index contributed by atoms with van der Waals surface area (Å²) < 4.78 is 66.3. The molecule has 0 saturated heterocycles. The van der Waals surface area contributed by atoms with Gasteiger partial charge in [0.15, 0.2) is 11.6 Å². The molecule has 0 fully saturated rings. The maximum absolute atomic E-state index is 14.2. The first-order valence-corrected chi connectivity index (χ1v) is 8.66. The van der Waals surface area contributed by atoms with E-state index in [0.717, 1.165) is 31.4 Å². The molecule has 0 aromatic heterocycles. The van der Waals surface area contributed by atoms with Crippen molar-refractivity contribution in [1.82, 2.24) is 0 Å². The Morgan fingerprint density at radius 3 is 2.12 bits per heavy atom. The molecule has 142 valence electrons. The monoisotopic (exact) mass is 370 g/mol. The summed E-state index contributed by atoms with van der Waals surface area (Å²) in [7, 11) is 0. The molecule has 2 aromatic carbocycles. The quantitative estimate of drug-likeness (QED) is 0.385. The van der Waals surface area contributed by atoms with Gasteiger partial charge in [-0.2, -0.15) is 8.78 Å². The second-order valence-electron chi connectivity index (χ2n) is 5.90. The first-order chi connectivity index (χ1) is 12.4. The lowest BCUT2D eigenvalue weighted by atomic mass is 10.1. The lowest BCUT2D eigenvalue weighted by molar-refractivity contribution is -0.187. The molecule has 0 saturated carbocycles. The number of hydrogen-bond acceptors (Lipinski definition) is 2. The van der Waals surface area contributed by atoms with Crippen LogP contribution in [-0.4, -0.2) is 6.61 Å². The molecule has 0 aliphatic carbocycles. The van der Waals surface area contributed by atoms with Crippen molar-refractivity contribution in [2.45, 2.75) is 45.6 Å². The van der Waals surface area contributed by atoms with E-state index in [1.807, 2.05) is 0 Å². The number of unbranched alkanes of at least 4 members (excludes halogenated alkanes) is 2. The molecule has 0 aliphatic heterocycles. The Morgan fingerprint density at radius 1 is 0.846 bits per heavy atom. The van der Waals surface area contributed by atoms with Gasteiger partial charge in [0.05, 0.1) is 6.61 Å². The zero-order chi connectivity index (χ0) is 19.2. The highest BCUT2D eigenvalue weighted by atomic mass is 19.3. The van der Waals surface area contributed by atoms with Crippen molar-refractivity contribution >= 4 is 0 Å². The Balaban J connectivity index is 2.08. The molecule has 0 spiro atoms. The second kappa shape index (κ2) is 8.92. The van der Waals surface area contributed by atoms with Crippen molar-refractivity contribution < 1.29 is 27.0 Å². The third kappa shape index (κ3) is 4.90. The maximum Gasteiger partial charge on any atom is 0.429 e. The summed E-state index contributed by atoms with van der Waals surface area (Å²) in [5, 5.41) is 0. The number of alkyl halides is 2. The highest BCUT2D eigenvalue weighted by Crippen LogP contribution is 2.35. The molecule has 0 unspecified atom stereocenters. The minimum Gasteiger partial charge on any atom is -0.494 e. The molecular formula is C20H22F4O2. The van der Waals surface area contributed by atoms with Gasteiger partial charge >= 0.3 is 6.11 Å². The van der Waals surface area contributed by atoms with Crippen LogP contribution in [-0.2, 0) is 12.5 Å². The number of rotatable bonds is 9. The Hall–Kier alpha value is -2.24. The highest BCUT2D eigenvalue weighted by molar-refractivity contribution is 5.33. The summed E-state index contributed by atoms with van der Waals surface area (Å²) in [6.45, 7) is 4.23. The fourth-order valence-corrected chi connectivity index (χ4v) is 2.44. The van der Waals surface area contributed by atoms with E-state index in [0.29, 0.717) is 12.4 Å². The van der Waals surface area contributed by atoms with Crippen molar-refractivity contribution in [2.24, 2.45) is 0 Å². The lowest BCUT2D eigenvalue weighted by Crippen LogP contribution is -2.24. The van der Waals surface area contributed by atoms with Gasteiger partial charge in [-0.3, -0.25) is 0 Å². The zero-order valence-corrected chi connectivity index (χ0v) is 14.8. The minimum atomic E-state index is -4.00. The molecule has 2 nitrogen and oxygen atoms in total. The number of ether oxygens (including phenoxy) is 2. The molecule has 0 aliphatic rings. The maximum atomic E-state index is 14.2. The summed E-state index contributed by atoms with van der Waals surface area (Å²) in [6, 6.07) is 7.58. The van der Waals surface area contributed by atoms with Crippen LogP contribution in [0.25, 0.3) is 0 Å². The topological polar surface area (TPSA) is 18.5 Å². The predicted octanol–water partition coefficient (Wildman–Crippen LogP) is 6.22. The number of aryl methyl sites for hydroxylation is 1. The van der Waals surface area contributed by atoms with E-state index in [4.69, 9.17) is 4.74 Å². The van der Waals surface area contributed by atoms with Crippen molar-refractivity contribution in [3.8, 4) is 11.5 Å². The summed E-state index contributed by atoms with van der Waals surface area (Å²) in [4.78, 5) is 0. The van der Waals surface area contributed by atoms with E-state index in [1.165, 1.54) is 24.3 Å². The van der Waals surface area contributed by atoms with Gasteiger partial charge in [0.1, 0.15) is 17.1 Å². The highest BCUT2D eigenvalue weighted by Gasteiger charge is 2.39. The van der Waals surface area contributed by atoms with Crippen LogP contribution >= 0.6 is 0 Å². The van der Waals surface area contributed by atoms with Crippen LogP contribution in [0.1, 0.15) is 44.2 Å². The summed E-state index contributed by atoms with van der Waals surface area (Å²) in [5.74, 6) is -2.51. The van der Waals surface area contributed by atoms with E-state index < -0.39 is 23.3 Å². The van der Waals surface area contributed by atoms with Crippen LogP contribution < -0.4 is 9.47 Å². The van der Waals surface area contributed by atoms with E-state index in [2.05, 4.69) is 11.7 Å². The van der Waals surface area contributed by atoms with Crippen LogP contribution in [0.4, 0.5) is 17.6 Å². The minimum absolute atomic E-state index is 0.0339. The average molecular weight is 370 g/mol. The molecule has 2 rings (SSSR count).